The number of halogens is 2. The van der Waals surface area contributed by atoms with Gasteiger partial charge in [-0.25, -0.2) is 4.79 Å². The number of aromatic amines is 2. The molecule has 0 saturated carbocycles. The lowest BCUT2D eigenvalue weighted by molar-refractivity contribution is 0.203. The SMILES string of the molecule is COC1C=c2[nH]c(=O)[nH]c2=C/C1=N/S(=O)(=O)c1cccc(Cl)c1Cl. The molecule has 0 bridgehead atoms. The van der Waals surface area contributed by atoms with Crippen molar-refractivity contribution >= 4 is 51.1 Å². The summed E-state index contributed by atoms with van der Waals surface area (Å²) in [7, 11) is -2.71. The van der Waals surface area contributed by atoms with E-state index in [0.717, 1.165) is 0 Å². The van der Waals surface area contributed by atoms with E-state index in [1.165, 1.54) is 31.4 Å². The Morgan fingerprint density at radius 3 is 2.62 bits per heavy atom. The second kappa shape index (κ2) is 6.21. The van der Waals surface area contributed by atoms with Crippen molar-refractivity contribution < 1.29 is 13.2 Å². The van der Waals surface area contributed by atoms with Crippen LogP contribution < -0.4 is 16.4 Å². The molecule has 0 radical (unpaired) electrons. The molecule has 1 aliphatic carbocycles. The van der Waals surface area contributed by atoms with Crippen LogP contribution in [0.2, 0.25) is 10.0 Å². The molecule has 1 atom stereocenters. The lowest BCUT2D eigenvalue weighted by Gasteiger charge is -2.13. The van der Waals surface area contributed by atoms with Crippen LogP contribution in [0.4, 0.5) is 0 Å². The Bertz CT molecular complexity index is 1120. The van der Waals surface area contributed by atoms with Crippen molar-refractivity contribution in [2.75, 3.05) is 7.11 Å². The first kappa shape index (κ1) is 17.0. The van der Waals surface area contributed by atoms with Gasteiger partial charge >= 0.3 is 5.69 Å². The number of nitrogens with zero attached hydrogens (tertiary/aromatic N) is 1. The summed E-state index contributed by atoms with van der Waals surface area (Å²) in [6.45, 7) is 0. The van der Waals surface area contributed by atoms with Gasteiger partial charge in [-0.3, -0.25) is 0 Å². The highest BCUT2D eigenvalue weighted by atomic mass is 35.5. The Hall–Kier alpha value is -1.87. The predicted molar refractivity (Wildman–Crippen MR) is 91.5 cm³/mol. The summed E-state index contributed by atoms with van der Waals surface area (Å²) in [6, 6.07) is 4.25. The fraction of sp³-hybridized carbons (Fsp3) is 0.143. The van der Waals surface area contributed by atoms with Crippen molar-refractivity contribution in [2.45, 2.75) is 11.0 Å². The van der Waals surface area contributed by atoms with Gasteiger partial charge in [0, 0.05) is 7.11 Å². The summed E-state index contributed by atoms with van der Waals surface area (Å²) in [5.74, 6) is 0. The zero-order chi connectivity index (χ0) is 17.5. The van der Waals surface area contributed by atoms with E-state index >= 15 is 0 Å². The highest BCUT2D eigenvalue weighted by Gasteiger charge is 2.23. The third kappa shape index (κ3) is 3.05. The maximum absolute atomic E-state index is 12.6. The van der Waals surface area contributed by atoms with Crippen LogP contribution in [0.15, 0.2) is 32.3 Å². The number of benzene rings is 1. The van der Waals surface area contributed by atoms with Crippen molar-refractivity contribution in [3.63, 3.8) is 0 Å². The number of hydrogen-bond donors (Lipinski definition) is 2. The Kier molecular flexibility index (Phi) is 4.39. The van der Waals surface area contributed by atoms with Gasteiger partial charge in [-0.2, -0.15) is 12.8 Å². The van der Waals surface area contributed by atoms with Gasteiger partial charge in [0.2, 0.25) is 0 Å². The highest BCUT2D eigenvalue weighted by Crippen LogP contribution is 2.30. The minimum Gasteiger partial charge on any atom is -0.371 e. The van der Waals surface area contributed by atoms with Crippen LogP contribution in [-0.4, -0.2) is 37.3 Å². The Morgan fingerprint density at radius 2 is 1.92 bits per heavy atom. The maximum Gasteiger partial charge on any atom is 0.323 e. The lowest BCUT2D eigenvalue weighted by atomic mass is 10.1. The summed E-state index contributed by atoms with van der Waals surface area (Å²) in [5, 5.41) is 0.925. The van der Waals surface area contributed by atoms with Crippen LogP contribution in [0.1, 0.15) is 0 Å². The number of imidazole rings is 1. The van der Waals surface area contributed by atoms with Crippen LogP contribution in [0.5, 0.6) is 0 Å². The minimum atomic E-state index is -4.11. The fourth-order valence-electron chi connectivity index (χ4n) is 2.26. The molecule has 1 heterocycles. The van der Waals surface area contributed by atoms with Gasteiger partial charge in [-0.1, -0.05) is 29.3 Å². The number of ether oxygens (including phenoxy) is 1. The number of rotatable bonds is 3. The van der Waals surface area contributed by atoms with Gasteiger partial charge in [0.15, 0.2) is 0 Å². The Morgan fingerprint density at radius 1 is 1.21 bits per heavy atom. The molecule has 0 spiro atoms. The van der Waals surface area contributed by atoms with E-state index in [-0.39, 0.29) is 20.7 Å². The second-order valence-electron chi connectivity index (χ2n) is 4.92. The van der Waals surface area contributed by atoms with E-state index in [2.05, 4.69) is 14.4 Å². The summed E-state index contributed by atoms with van der Waals surface area (Å²) in [6.07, 6.45) is 2.25. The molecule has 24 heavy (non-hydrogen) atoms. The molecule has 2 N–H and O–H groups in total. The minimum absolute atomic E-state index is 0.104. The first-order chi connectivity index (χ1) is 11.3. The highest BCUT2D eigenvalue weighted by molar-refractivity contribution is 7.90. The molecule has 1 aromatic heterocycles. The van der Waals surface area contributed by atoms with E-state index in [4.69, 9.17) is 27.9 Å². The number of sulfonamides is 1. The standard InChI is InChI=1S/C14H11Cl2N3O4S/c1-23-11-6-9-8(17-14(20)18-9)5-10(11)19-24(21,22)12-4-2-3-7(15)13(12)16/h2-6,11H,1H3,(H2,17,18,20)/b19-10-. The predicted octanol–water partition coefficient (Wildman–Crippen LogP) is 0.429. The van der Waals surface area contributed by atoms with Crippen molar-refractivity contribution in [1.29, 1.82) is 0 Å². The number of H-pyrrole nitrogens is 2. The Labute approximate surface area is 146 Å². The van der Waals surface area contributed by atoms with Gasteiger partial charge in [0.05, 0.1) is 26.5 Å². The van der Waals surface area contributed by atoms with E-state index in [9.17, 15) is 13.2 Å². The molecule has 2 aromatic rings. The average Bonchev–Trinajstić information content (AvgIpc) is 2.87. The molecular formula is C14H11Cl2N3O4S. The molecule has 126 valence electrons. The topological polar surface area (TPSA) is 104 Å². The van der Waals surface area contributed by atoms with Gasteiger partial charge in [0.1, 0.15) is 11.0 Å². The molecule has 10 heteroatoms. The quantitative estimate of drug-likeness (QED) is 0.796. The molecule has 0 amide bonds. The Balaban J connectivity index is 2.17. The van der Waals surface area contributed by atoms with Crippen molar-refractivity contribution in [3.05, 3.63) is 49.4 Å². The summed E-state index contributed by atoms with van der Waals surface area (Å²) >= 11 is 11.8. The molecule has 0 fully saturated rings. The van der Waals surface area contributed by atoms with Gasteiger partial charge in [-0.15, -0.1) is 0 Å². The van der Waals surface area contributed by atoms with Gasteiger partial charge in [-0.05, 0) is 24.3 Å². The molecule has 1 aliphatic rings. The first-order valence-electron chi connectivity index (χ1n) is 6.65. The largest absolute Gasteiger partial charge is 0.371 e. The zero-order valence-electron chi connectivity index (χ0n) is 12.2. The van der Waals surface area contributed by atoms with Crippen molar-refractivity contribution in [1.82, 2.24) is 9.97 Å². The summed E-state index contributed by atoms with van der Waals surface area (Å²) < 4.78 is 34.1. The third-order valence-corrected chi connectivity index (χ3v) is 5.64. The number of hydrogen-bond acceptors (Lipinski definition) is 4. The fourth-order valence-corrected chi connectivity index (χ4v) is 4.03. The van der Waals surface area contributed by atoms with E-state index < -0.39 is 21.8 Å². The van der Waals surface area contributed by atoms with Gasteiger partial charge in [0.25, 0.3) is 10.0 Å². The molecular weight excluding hydrogens is 377 g/mol. The number of fused-ring (bicyclic) bond motifs is 1. The normalized spacial score (nSPS) is 18.8. The number of methoxy groups -OCH3 is 1. The average molecular weight is 388 g/mol. The number of aromatic nitrogens is 2. The third-order valence-electron chi connectivity index (χ3n) is 3.36. The lowest BCUT2D eigenvalue weighted by Crippen LogP contribution is -2.37. The molecule has 0 aliphatic heterocycles. The molecule has 0 saturated heterocycles. The van der Waals surface area contributed by atoms with Crippen LogP contribution in [0.3, 0.4) is 0 Å². The molecule has 3 rings (SSSR count). The van der Waals surface area contributed by atoms with Crippen LogP contribution >= 0.6 is 23.2 Å². The van der Waals surface area contributed by atoms with E-state index in [1.54, 1.807) is 6.08 Å². The molecule has 7 nitrogen and oxygen atoms in total. The first-order valence-corrected chi connectivity index (χ1v) is 8.85. The number of nitrogens with one attached hydrogen (secondary N) is 2. The van der Waals surface area contributed by atoms with Crippen molar-refractivity contribution in [2.24, 2.45) is 4.40 Å². The summed E-state index contributed by atoms with van der Waals surface area (Å²) in [4.78, 5) is 16.3. The van der Waals surface area contributed by atoms with Crippen LogP contribution in [-0.2, 0) is 14.8 Å². The van der Waals surface area contributed by atoms with Crippen LogP contribution in [0, 0.1) is 0 Å². The second-order valence-corrected chi connectivity index (χ2v) is 7.27. The monoisotopic (exact) mass is 387 g/mol. The smallest absolute Gasteiger partial charge is 0.323 e. The molecule has 1 unspecified atom stereocenters. The van der Waals surface area contributed by atoms with E-state index in [0.29, 0.717) is 10.7 Å². The molecule has 1 aromatic carbocycles. The van der Waals surface area contributed by atoms with Gasteiger partial charge < -0.3 is 14.7 Å². The maximum atomic E-state index is 12.6. The van der Waals surface area contributed by atoms with Crippen molar-refractivity contribution in [3.8, 4) is 0 Å². The van der Waals surface area contributed by atoms with E-state index in [1.807, 2.05) is 0 Å². The van der Waals surface area contributed by atoms with Crippen LogP contribution in [0.25, 0.3) is 12.2 Å². The summed E-state index contributed by atoms with van der Waals surface area (Å²) in [5.41, 5.74) is -0.305. The zero-order valence-corrected chi connectivity index (χ0v) is 14.5.